The maximum atomic E-state index is 11.0. The second-order valence-corrected chi connectivity index (χ2v) is 5.13. The lowest BCUT2D eigenvalue weighted by Gasteiger charge is -2.08. The average Bonchev–Trinajstić information content (AvgIpc) is 2.80. The number of carboxylic acid groups (broad SMARTS) is 1. The van der Waals surface area contributed by atoms with Crippen molar-refractivity contribution < 1.29 is 14.6 Å². The van der Waals surface area contributed by atoms with E-state index in [1.165, 1.54) is 11.3 Å². The Kier molecular flexibility index (Phi) is 3.76. The first-order valence-electron chi connectivity index (χ1n) is 5.86. The molecule has 1 aromatic carbocycles. The number of methoxy groups -OCH3 is 1. The van der Waals surface area contributed by atoms with E-state index in [2.05, 4.69) is 0 Å². The summed E-state index contributed by atoms with van der Waals surface area (Å²) in [6, 6.07) is 7.52. The molecule has 0 saturated heterocycles. The number of anilines is 1. The Hall–Kier alpha value is -2.01. The van der Waals surface area contributed by atoms with Gasteiger partial charge < -0.3 is 15.6 Å². The van der Waals surface area contributed by atoms with Crippen LogP contribution < -0.4 is 10.5 Å². The smallest absolute Gasteiger partial charge is 0.348 e. The molecule has 0 saturated carbocycles. The van der Waals surface area contributed by atoms with Gasteiger partial charge in [0.2, 0.25) is 0 Å². The molecule has 5 heteroatoms. The van der Waals surface area contributed by atoms with Crippen LogP contribution in [0.4, 0.5) is 5.69 Å². The van der Waals surface area contributed by atoms with Gasteiger partial charge in [0.1, 0.15) is 10.6 Å². The summed E-state index contributed by atoms with van der Waals surface area (Å²) in [6.45, 7) is 2.05. The summed E-state index contributed by atoms with van der Waals surface area (Å²) in [4.78, 5) is 12.0. The standard InChI is InChI=1S/C14H15NO3S/c1-3-8-6-9(4-5-11(8)18-2)12-7-10(15)13(19-12)14(16)17/h4-7H,3,15H2,1-2H3,(H,16,17). The van der Waals surface area contributed by atoms with Crippen LogP contribution in [0.1, 0.15) is 22.2 Å². The predicted octanol–water partition coefficient (Wildman–Crippen LogP) is 3.27. The molecule has 100 valence electrons. The van der Waals surface area contributed by atoms with Gasteiger partial charge in [-0.15, -0.1) is 11.3 Å². The van der Waals surface area contributed by atoms with E-state index < -0.39 is 5.97 Å². The number of hydrogen-bond donors (Lipinski definition) is 2. The Morgan fingerprint density at radius 2 is 2.16 bits per heavy atom. The maximum Gasteiger partial charge on any atom is 0.348 e. The fraction of sp³-hybridized carbons (Fsp3) is 0.214. The number of nitrogen functional groups attached to an aromatic ring is 1. The molecule has 0 unspecified atom stereocenters. The summed E-state index contributed by atoms with van der Waals surface area (Å²) in [6.07, 6.45) is 0.851. The quantitative estimate of drug-likeness (QED) is 0.899. The highest BCUT2D eigenvalue weighted by Crippen LogP contribution is 2.35. The van der Waals surface area contributed by atoms with Crippen LogP contribution in [0.15, 0.2) is 24.3 Å². The van der Waals surface area contributed by atoms with E-state index in [0.717, 1.165) is 28.2 Å². The number of aromatic carboxylic acids is 1. The number of carboxylic acids is 1. The van der Waals surface area contributed by atoms with Crippen molar-refractivity contribution in [2.75, 3.05) is 12.8 Å². The van der Waals surface area contributed by atoms with E-state index in [1.54, 1.807) is 13.2 Å². The van der Waals surface area contributed by atoms with Crippen molar-refractivity contribution in [2.45, 2.75) is 13.3 Å². The van der Waals surface area contributed by atoms with Crippen LogP contribution in [0.25, 0.3) is 10.4 Å². The van der Waals surface area contributed by atoms with Gasteiger partial charge >= 0.3 is 5.97 Å². The first-order valence-corrected chi connectivity index (χ1v) is 6.68. The molecule has 0 bridgehead atoms. The second kappa shape index (κ2) is 5.32. The van der Waals surface area contributed by atoms with Crippen molar-refractivity contribution in [1.82, 2.24) is 0 Å². The molecule has 2 aromatic rings. The van der Waals surface area contributed by atoms with Crippen LogP contribution in [0, 0.1) is 0 Å². The third kappa shape index (κ3) is 2.56. The Bertz CT molecular complexity index is 619. The molecule has 19 heavy (non-hydrogen) atoms. The lowest BCUT2D eigenvalue weighted by atomic mass is 10.1. The Morgan fingerprint density at radius 1 is 1.42 bits per heavy atom. The summed E-state index contributed by atoms with van der Waals surface area (Å²) < 4.78 is 5.28. The number of carbonyl (C=O) groups is 1. The lowest BCUT2D eigenvalue weighted by molar-refractivity contribution is 0.0703. The largest absolute Gasteiger partial charge is 0.496 e. The van der Waals surface area contributed by atoms with Crippen LogP contribution in [0.3, 0.4) is 0 Å². The van der Waals surface area contributed by atoms with Crippen LogP contribution in [-0.2, 0) is 6.42 Å². The normalized spacial score (nSPS) is 10.4. The number of hydrogen-bond acceptors (Lipinski definition) is 4. The molecular formula is C14H15NO3S. The zero-order chi connectivity index (χ0) is 14.0. The molecule has 0 fully saturated rings. The Labute approximate surface area is 115 Å². The first-order chi connectivity index (χ1) is 9.06. The monoisotopic (exact) mass is 277 g/mol. The van der Waals surface area contributed by atoms with Gasteiger partial charge in [-0.2, -0.15) is 0 Å². The van der Waals surface area contributed by atoms with E-state index >= 15 is 0 Å². The van der Waals surface area contributed by atoms with E-state index in [0.29, 0.717) is 5.69 Å². The zero-order valence-corrected chi connectivity index (χ0v) is 11.6. The number of ether oxygens (including phenoxy) is 1. The van der Waals surface area contributed by atoms with Crippen LogP contribution >= 0.6 is 11.3 Å². The van der Waals surface area contributed by atoms with E-state index in [9.17, 15) is 4.79 Å². The molecule has 0 spiro atoms. The van der Waals surface area contributed by atoms with Crippen molar-refractivity contribution in [3.8, 4) is 16.2 Å². The highest BCUT2D eigenvalue weighted by Gasteiger charge is 2.14. The maximum absolute atomic E-state index is 11.0. The van der Waals surface area contributed by atoms with E-state index in [4.69, 9.17) is 15.6 Å². The molecular weight excluding hydrogens is 262 g/mol. The number of nitrogens with two attached hydrogens (primary N) is 1. The fourth-order valence-corrected chi connectivity index (χ4v) is 2.84. The Balaban J connectivity index is 2.47. The molecule has 0 amide bonds. The van der Waals surface area contributed by atoms with Gasteiger partial charge in [-0.3, -0.25) is 0 Å². The molecule has 1 heterocycles. The fourth-order valence-electron chi connectivity index (χ4n) is 1.92. The van der Waals surface area contributed by atoms with Crippen LogP contribution in [0.5, 0.6) is 5.75 Å². The van der Waals surface area contributed by atoms with Gasteiger partial charge in [0.15, 0.2) is 0 Å². The van der Waals surface area contributed by atoms with Gasteiger partial charge in [-0.25, -0.2) is 4.79 Å². The van der Waals surface area contributed by atoms with Crippen molar-refractivity contribution in [1.29, 1.82) is 0 Å². The van der Waals surface area contributed by atoms with Crippen molar-refractivity contribution in [3.05, 3.63) is 34.7 Å². The number of rotatable bonds is 4. The average molecular weight is 277 g/mol. The summed E-state index contributed by atoms with van der Waals surface area (Å²) in [7, 11) is 1.64. The zero-order valence-electron chi connectivity index (χ0n) is 10.8. The lowest BCUT2D eigenvalue weighted by Crippen LogP contribution is -1.96. The topological polar surface area (TPSA) is 72.6 Å². The summed E-state index contributed by atoms with van der Waals surface area (Å²) >= 11 is 1.19. The molecule has 0 atom stereocenters. The summed E-state index contributed by atoms with van der Waals surface area (Å²) in [5.41, 5.74) is 8.06. The number of aryl methyl sites for hydroxylation is 1. The van der Waals surface area contributed by atoms with Crippen molar-refractivity contribution in [2.24, 2.45) is 0 Å². The minimum Gasteiger partial charge on any atom is -0.496 e. The molecule has 3 N–H and O–H groups in total. The van der Waals surface area contributed by atoms with Crippen LogP contribution in [-0.4, -0.2) is 18.2 Å². The second-order valence-electron chi connectivity index (χ2n) is 4.08. The molecule has 0 radical (unpaired) electrons. The van der Waals surface area contributed by atoms with Gasteiger partial charge in [0, 0.05) is 4.88 Å². The SMILES string of the molecule is CCc1cc(-c2cc(N)c(C(=O)O)s2)ccc1OC. The number of thiophene rings is 1. The molecule has 4 nitrogen and oxygen atoms in total. The summed E-state index contributed by atoms with van der Waals surface area (Å²) in [5, 5.41) is 9.02. The van der Waals surface area contributed by atoms with Gasteiger partial charge in [0.05, 0.1) is 12.8 Å². The molecule has 0 aliphatic rings. The van der Waals surface area contributed by atoms with E-state index in [1.807, 2.05) is 25.1 Å². The van der Waals surface area contributed by atoms with Gasteiger partial charge in [-0.1, -0.05) is 6.92 Å². The minimum atomic E-state index is -0.988. The van der Waals surface area contributed by atoms with Crippen molar-refractivity contribution >= 4 is 23.0 Å². The Morgan fingerprint density at radius 3 is 2.68 bits per heavy atom. The molecule has 1 aromatic heterocycles. The molecule has 0 aliphatic carbocycles. The summed E-state index contributed by atoms with van der Waals surface area (Å²) in [5.74, 6) is -0.146. The third-order valence-electron chi connectivity index (χ3n) is 2.90. The first kappa shape index (κ1) is 13.4. The van der Waals surface area contributed by atoms with Gasteiger partial charge in [0.25, 0.3) is 0 Å². The number of benzene rings is 1. The molecule has 0 aliphatic heterocycles. The van der Waals surface area contributed by atoms with E-state index in [-0.39, 0.29) is 4.88 Å². The highest BCUT2D eigenvalue weighted by atomic mass is 32.1. The minimum absolute atomic E-state index is 0.184. The highest BCUT2D eigenvalue weighted by molar-refractivity contribution is 7.17. The predicted molar refractivity (Wildman–Crippen MR) is 77.1 cm³/mol. The van der Waals surface area contributed by atoms with Gasteiger partial charge in [-0.05, 0) is 41.8 Å². The van der Waals surface area contributed by atoms with Crippen LogP contribution in [0.2, 0.25) is 0 Å². The van der Waals surface area contributed by atoms with Crippen molar-refractivity contribution in [3.63, 3.8) is 0 Å². The molecule has 2 rings (SSSR count). The third-order valence-corrected chi connectivity index (χ3v) is 4.09.